The van der Waals surface area contributed by atoms with Gasteiger partial charge in [-0.1, -0.05) is 36.4 Å². The maximum Gasteiger partial charge on any atom is 0.271 e. The van der Waals surface area contributed by atoms with Crippen LogP contribution in [0, 0.1) is 24.0 Å². The zero-order chi connectivity index (χ0) is 22.5. The molecule has 0 saturated heterocycles. The van der Waals surface area contributed by atoms with Crippen LogP contribution in [0.1, 0.15) is 16.8 Å². The minimum absolute atomic E-state index is 0.0220. The van der Waals surface area contributed by atoms with Crippen molar-refractivity contribution in [2.24, 2.45) is 0 Å². The third-order valence-corrected chi connectivity index (χ3v) is 4.62. The van der Waals surface area contributed by atoms with Crippen LogP contribution in [0.4, 0.5) is 29.0 Å². The van der Waals surface area contributed by atoms with Gasteiger partial charge in [0.2, 0.25) is 5.95 Å². The quantitative estimate of drug-likeness (QED) is 0.268. The molecule has 0 amide bonds. The van der Waals surface area contributed by atoms with Crippen molar-refractivity contribution in [3.05, 3.63) is 87.7 Å². The van der Waals surface area contributed by atoms with E-state index in [1.807, 2.05) is 50.2 Å². The van der Waals surface area contributed by atoms with Crippen molar-refractivity contribution < 1.29 is 9.66 Å². The number of ether oxygens (including phenoxy) is 1. The van der Waals surface area contributed by atoms with Gasteiger partial charge in [0.1, 0.15) is 6.61 Å². The van der Waals surface area contributed by atoms with E-state index < -0.39 is 4.92 Å². The number of nitrogens with zero attached hydrogens (tertiary/aromatic N) is 4. The van der Waals surface area contributed by atoms with E-state index in [0.29, 0.717) is 29.7 Å². The second kappa shape index (κ2) is 9.13. The first-order valence-electron chi connectivity index (χ1n) is 9.83. The second-order valence-corrected chi connectivity index (χ2v) is 7.12. The molecule has 0 aliphatic heterocycles. The van der Waals surface area contributed by atoms with Crippen molar-refractivity contribution >= 4 is 29.0 Å². The van der Waals surface area contributed by atoms with Gasteiger partial charge < -0.3 is 15.4 Å². The van der Waals surface area contributed by atoms with E-state index in [4.69, 9.17) is 4.74 Å². The molecule has 10 nitrogen and oxygen atoms in total. The predicted octanol–water partition coefficient (Wildman–Crippen LogP) is 4.79. The summed E-state index contributed by atoms with van der Waals surface area (Å²) in [7, 11) is 0. The van der Waals surface area contributed by atoms with Crippen LogP contribution in [-0.4, -0.2) is 25.1 Å². The standard InChI is InChI=1S/C22H21N7O3/c1-14-8-9-17(29(30)31)11-18(14)24-22-23-12-19(32-13-16-6-4-3-5-7-16)21(26-22)25-20-10-15(2)27-28-20/h3-12H,13H2,1-2H3,(H3,23,24,25,26,27,28). The molecule has 0 atom stereocenters. The molecule has 32 heavy (non-hydrogen) atoms. The molecule has 2 aromatic carbocycles. The van der Waals surface area contributed by atoms with E-state index >= 15 is 0 Å². The van der Waals surface area contributed by atoms with Gasteiger partial charge in [0.05, 0.1) is 16.8 Å². The Morgan fingerprint density at radius 2 is 1.91 bits per heavy atom. The monoisotopic (exact) mass is 431 g/mol. The number of rotatable bonds is 8. The Morgan fingerprint density at radius 3 is 2.62 bits per heavy atom. The number of benzene rings is 2. The van der Waals surface area contributed by atoms with Crippen LogP contribution in [0.5, 0.6) is 5.75 Å². The fraction of sp³-hybridized carbons (Fsp3) is 0.136. The lowest BCUT2D eigenvalue weighted by Crippen LogP contribution is -2.06. The summed E-state index contributed by atoms with van der Waals surface area (Å²) in [5.41, 5.74) is 3.23. The molecule has 10 heteroatoms. The highest BCUT2D eigenvalue weighted by atomic mass is 16.6. The molecule has 4 rings (SSSR count). The average Bonchev–Trinajstić information content (AvgIpc) is 3.20. The predicted molar refractivity (Wildman–Crippen MR) is 121 cm³/mol. The summed E-state index contributed by atoms with van der Waals surface area (Å²) >= 11 is 0. The number of aromatic nitrogens is 4. The Bertz CT molecular complexity index is 1240. The van der Waals surface area contributed by atoms with Crippen LogP contribution in [0.25, 0.3) is 0 Å². The zero-order valence-electron chi connectivity index (χ0n) is 17.5. The summed E-state index contributed by atoms with van der Waals surface area (Å²) in [6.07, 6.45) is 1.55. The topological polar surface area (TPSA) is 131 Å². The normalized spacial score (nSPS) is 10.6. The first kappa shape index (κ1) is 20.8. The molecular formula is C22H21N7O3. The van der Waals surface area contributed by atoms with Crippen LogP contribution in [0.15, 0.2) is 60.8 Å². The van der Waals surface area contributed by atoms with Gasteiger partial charge in [-0.3, -0.25) is 15.2 Å². The molecule has 0 aliphatic rings. The van der Waals surface area contributed by atoms with Crippen LogP contribution in [-0.2, 0) is 6.61 Å². The smallest absolute Gasteiger partial charge is 0.271 e. The molecule has 0 radical (unpaired) electrons. The van der Waals surface area contributed by atoms with Gasteiger partial charge >= 0.3 is 0 Å². The van der Waals surface area contributed by atoms with E-state index in [-0.39, 0.29) is 11.6 Å². The number of aryl methyl sites for hydroxylation is 2. The van der Waals surface area contributed by atoms with E-state index in [2.05, 4.69) is 30.8 Å². The maximum absolute atomic E-state index is 11.1. The Kier molecular flexibility index (Phi) is 5.93. The number of H-pyrrole nitrogens is 1. The summed E-state index contributed by atoms with van der Waals surface area (Å²) < 4.78 is 5.94. The number of nitro benzene ring substituents is 1. The number of hydrogen-bond donors (Lipinski definition) is 3. The molecule has 0 unspecified atom stereocenters. The van der Waals surface area contributed by atoms with Crippen molar-refractivity contribution in [2.45, 2.75) is 20.5 Å². The Hall–Kier alpha value is -4.47. The van der Waals surface area contributed by atoms with Crippen LogP contribution in [0.3, 0.4) is 0 Å². The summed E-state index contributed by atoms with van der Waals surface area (Å²) in [5, 5.41) is 24.4. The molecule has 0 bridgehead atoms. The molecule has 0 fully saturated rings. The lowest BCUT2D eigenvalue weighted by atomic mass is 10.2. The van der Waals surface area contributed by atoms with Crippen LogP contribution < -0.4 is 15.4 Å². The van der Waals surface area contributed by atoms with Crippen LogP contribution >= 0.6 is 0 Å². The van der Waals surface area contributed by atoms with Crippen molar-refractivity contribution in [1.82, 2.24) is 20.2 Å². The summed E-state index contributed by atoms with van der Waals surface area (Å²) in [6, 6.07) is 16.2. The van der Waals surface area contributed by atoms with Gasteiger partial charge in [-0.15, -0.1) is 0 Å². The van der Waals surface area contributed by atoms with Gasteiger partial charge in [0.25, 0.3) is 5.69 Å². The highest BCUT2D eigenvalue weighted by Gasteiger charge is 2.14. The van der Waals surface area contributed by atoms with E-state index in [0.717, 1.165) is 16.8 Å². The fourth-order valence-electron chi connectivity index (χ4n) is 2.94. The number of nitro groups is 1. The van der Waals surface area contributed by atoms with Crippen molar-refractivity contribution in [2.75, 3.05) is 10.6 Å². The number of anilines is 4. The first-order chi connectivity index (χ1) is 15.5. The van der Waals surface area contributed by atoms with Gasteiger partial charge in [-0.25, -0.2) is 4.98 Å². The Labute approximate surface area is 183 Å². The third kappa shape index (κ3) is 4.98. The maximum atomic E-state index is 11.1. The molecule has 4 aromatic rings. The minimum atomic E-state index is -0.446. The molecule has 162 valence electrons. The lowest BCUT2D eigenvalue weighted by molar-refractivity contribution is -0.384. The van der Waals surface area contributed by atoms with E-state index in [1.165, 1.54) is 12.1 Å². The summed E-state index contributed by atoms with van der Waals surface area (Å²) in [5.74, 6) is 1.68. The molecule has 0 saturated carbocycles. The molecular weight excluding hydrogens is 410 g/mol. The molecule has 0 spiro atoms. The highest BCUT2D eigenvalue weighted by molar-refractivity contribution is 5.65. The lowest BCUT2D eigenvalue weighted by Gasteiger charge is -2.13. The molecule has 3 N–H and O–H groups in total. The Morgan fingerprint density at radius 1 is 1.09 bits per heavy atom. The zero-order valence-corrected chi connectivity index (χ0v) is 17.5. The van der Waals surface area contributed by atoms with Gasteiger partial charge in [0, 0.05) is 23.9 Å². The second-order valence-electron chi connectivity index (χ2n) is 7.12. The molecule has 2 heterocycles. The largest absolute Gasteiger partial charge is 0.483 e. The van der Waals surface area contributed by atoms with Gasteiger partial charge in [-0.05, 0) is 25.0 Å². The van der Waals surface area contributed by atoms with E-state index in [9.17, 15) is 10.1 Å². The summed E-state index contributed by atoms with van der Waals surface area (Å²) in [4.78, 5) is 19.5. The number of aromatic amines is 1. The first-order valence-corrected chi connectivity index (χ1v) is 9.83. The number of hydrogen-bond acceptors (Lipinski definition) is 8. The third-order valence-electron chi connectivity index (χ3n) is 4.62. The van der Waals surface area contributed by atoms with Crippen molar-refractivity contribution in [1.29, 1.82) is 0 Å². The van der Waals surface area contributed by atoms with Gasteiger partial charge in [0.15, 0.2) is 17.4 Å². The van der Waals surface area contributed by atoms with E-state index in [1.54, 1.807) is 12.3 Å². The minimum Gasteiger partial charge on any atom is -0.483 e. The number of non-ortho nitro benzene ring substituents is 1. The molecule has 0 aliphatic carbocycles. The Balaban J connectivity index is 1.62. The van der Waals surface area contributed by atoms with Gasteiger partial charge in [-0.2, -0.15) is 10.1 Å². The fourth-order valence-corrected chi connectivity index (χ4v) is 2.94. The highest BCUT2D eigenvalue weighted by Crippen LogP contribution is 2.29. The SMILES string of the molecule is Cc1cc(Nc2nc(Nc3cc([N+](=O)[O-])ccc3C)ncc2OCc2ccccc2)n[nH]1. The molecule has 2 aromatic heterocycles. The van der Waals surface area contributed by atoms with Crippen molar-refractivity contribution in [3.63, 3.8) is 0 Å². The van der Waals surface area contributed by atoms with Crippen molar-refractivity contribution in [3.8, 4) is 5.75 Å². The summed E-state index contributed by atoms with van der Waals surface area (Å²) in [6.45, 7) is 4.08. The van der Waals surface area contributed by atoms with Crippen LogP contribution in [0.2, 0.25) is 0 Å². The average molecular weight is 431 g/mol. The number of nitrogens with one attached hydrogen (secondary N) is 3.